The predicted octanol–water partition coefficient (Wildman–Crippen LogP) is 3.97. The molecule has 7 nitrogen and oxygen atoms in total. The monoisotopic (exact) mass is 463 g/mol. The number of hydrogen-bond acceptors (Lipinski definition) is 6. The molecule has 2 aromatic carbocycles. The molecule has 1 N–H and O–H groups in total. The van der Waals surface area contributed by atoms with Crippen molar-refractivity contribution in [2.45, 2.75) is 32.4 Å². The molecule has 1 saturated heterocycles. The normalized spacial score (nSPS) is 14.4. The second-order valence-electron chi connectivity index (χ2n) is 8.68. The van der Waals surface area contributed by atoms with Gasteiger partial charge in [-0.25, -0.2) is 0 Å². The number of carbonyl (C=O) groups excluding carboxylic acids is 1. The van der Waals surface area contributed by atoms with Gasteiger partial charge in [0.05, 0.1) is 23.9 Å². The zero-order chi connectivity index (χ0) is 23.9. The Morgan fingerprint density at radius 3 is 2.76 bits per heavy atom. The molecular weight excluding hydrogens is 430 g/mol. The van der Waals surface area contributed by atoms with Gasteiger partial charge in [-0.05, 0) is 62.7 Å². The number of rotatable bonds is 9. The third-order valence-electron chi connectivity index (χ3n) is 6.34. The Hall–Kier alpha value is -3.16. The van der Waals surface area contributed by atoms with Crippen LogP contribution < -0.4 is 14.8 Å². The number of aryl methyl sites for hydroxylation is 1. The van der Waals surface area contributed by atoms with Crippen molar-refractivity contribution in [1.29, 1.82) is 0 Å². The van der Waals surface area contributed by atoms with Crippen LogP contribution in [0.1, 0.15) is 34.5 Å². The molecule has 0 unspecified atom stereocenters. The van der Waals surface area contributed by atoms with Gasteiger partial charge in [0.2, 0.25) is 0 Å². The highest BCUT2D eigenvalue weighted by Crippen LogP contribution is 2.22. The van der Waals surface area contributed by atoms with Crippen molar-refractivity contribution in [3.8, 4) is 11.5 Å². The standard InChI is InChI=1S/C27H33N3O4/c1-19-25(16-21-7-8-23(32-3)17-26(21)29-19)27(31)28-18-20-5-4-6-24(15-20)34-14-11-30(2)22-9-12-33-13-10-22/h4-8,15-17,22H,9-14,18H2,1-3H3,(H,28,31). The minimum absolute atomic E-state index is 0.146. The van der Waals surface area contributed by atoms with E-state index in [4.69, 9.17) is 14.2 Å². The summed E-state index contributed by atoms with van der Waals surface area (Å²) in [4.78, 5) is 19.8. The van der Waals surface area contributed by atoms with E-state index in [1.54, 1.807) is 7.11 Å². The zero-order valence-electron chi connectivity index (χ0n) is 20.2. The zero-order valence-corrected chi connectivity index (χ0v) is 20.2. The van der Waals surface area contributed by atoms with Crippen LogP contribution in [-0.4, -0.2) is 62.4 Å². The molecule has 1 aromatic heterocycles. The van der Waals surface area contributed by atoms with Crippen molar-refractivity contribution < 1.29 is 19.0 Å². The molecule has 0 saturated carbocycles. The van der Waals surface area contributed by atoms with Crippen LogP contribution in [0.2, 0.25) is 0 Å². The largest absolute Gasteiger partial charge is 0.497 e. The Morgan fingerprint density at radius 2 is 1.97 bits per heavy atom. The first-order valence-electron chi connectivity index (χ1n) is 11.8. The maximum absolute atomic E-state index is 12.9. The molecule has 1 aliphatic rings. The van der Waals surface area contributed by atoms with Gasteiger partial charge in [-0.3, -0.25) is 14.7 Å². The smallest absolute Gasteiger partial charge is 0.253 e. The second-order valence-corrected chi connectivity index (χ2v) is 8.68. The summed E-state index contributed by atoms with van der Waals surface area (Å²) in [6.45, 7) is 5.43. The van der Waals surface area contributed by atoms with Crippen LogP contribution in [-0.2, 0) is 11.3 Å². The number of nitrogens with one attached hydrogen (secondary N) is 1. The highest BCUT2D eigenvalue weighted by atomic mass is 16.5. The number of pyridine rings is 1. The van der Waals surface area contributed by atoms with E-state index in [1.807, 2.05) is 55.5 Å². The SMILES string of the molecule is COc1ccc2cc(C(=O)NCc3cccc(OCCN(C)C4CCOCC4)c3)c(C)nc2c1. The molecule has 180 valence electrons. The number of benzene rings is 2. The van der Waals surface area contributed by atoms with Gasteiger partial charge in [0.1, 0.15) is 18.1 Å². The van der Waals surface area contributed by atoms with Crippen molar-refractivity contribution >= 4 is 16.8 Å². The third kappa shape index (κ3) is 6.04. The molecular formula is C27H33N3O4. The van der Waals surface area contributed by atoms with Gasteiger partial charge < -0.3 is 19.5 Å². The van der Waals surface area contributed by atoms with Crippen molar-refractivity contribution in [3.05, 3.63) is 65.4 Å². The molecule has 0 aliphatic carbocycles. The average molecular weight is 464 g/mol. The van der Waals surface area contributed by atoms with Crippen LogP contribution in [0.5, 0.6) is 11.5 Å². The number of nitrogens with zero attached hydrogens (tertiary/aromatic N) is 2. The fourth-order valence-electron chi connectivity index (χ4n) is 4.24. The van der Waals surface area contributed by atoms with E-state index < -0.39 is 0 Å². The van der Waals surface area contributed by atoms with Crippen LogP contribution in [0.4, 0.5) is 0 Å². The van der Waals surface area contributed by atoms with Crippen LogP contribution in [0.15, 0.2) is 48.5 Å². The summed E-state index contributed by atoms with van der Waals surface area (Å²) in [5, 5.41) is 3.91. The Labute approximate surface area is 201 Å². The van der Waals surface area contributed by atoms with E-state index in [2.05, 4.69) is 22.2 Å². The van der Waals surface area contributed by atoms with Crippen molar-refractivity contribution in [1.82, 2.24) is 15.2 Å². The van der Waals surface area contributed by atoms with E-state index in [-0.39, 0.29) is 5.91 Å². The summed E-state index contributed by atoms with van der Waals surface area (Å²) < 4.78 is 16.7. The number of ether oxygens (including phenoxy) is 3. The summed E-state index contributed by atoms with van der Waals surface area (Å²) in [5.74, 6) is 1.41. The summed E-state index contributed by atoms with van der Waals surface area (Å²) in [6.07, 6.45) is 2.15. The molecule has 0 bridgehead atoms. The minimum Gasteiger partial charge on any atom is -0.497 e. The molecule has 0 atom stereocenters. The van der Waals surface area contributed by atoms with Gasteiger partial charge >= 0.3 is 0 Å². The lowest BCUT2D eigenvalue weighted by molar-refractivity contribution is 0.0392. The second kappa shape index (κ2) is 11.3. The number of fused-ring (bicyclic) bond motifs is 1. The molecule has 1 aliphatic heterocycles. The number of hydrogen-bond donors (Lipinski definition) is 1. The van der Waals surface area contributed by atoms with Crippen molar-refractivity contribution in [2.24, 2.45) is 0 Å². The number of aromatic nitrogens is 1. The van der Waals surface area contributed by atoms with E-state index in [1.165, 1.54) is 0 Å². The van der Waals surface area contributed by atoms with Gasteiger partial charge in [-0.15, -0.1) is 0 Å². The average Bonchev–Trinajstić information content (AvgIpc) is 2.87. The molecule has 2 heterocycles. The summed E-state index contributed by atoms with van der Waals surface area (Å²) in [6, 6.07) is 16.0. The molecule has 3 aromatic rings. The van der Waals surface area contributed by atoms with Crippen LogP contribution in [0, 0.1) is 6.92 Å². The molecule has 34 heavy (non-hydrogen) atoms. The molecule has 4 rings (SSSR count). The molecule has 1 fully saturated rings. The van der Waals surface area contributed by atoms with Crippen LogP contribution in [0.3, 0.4) is 0 Å². The Bertz CT molecular complexity index is 1130. The first-order chi connectivity index (χ1) is 16.5. The maximum atomic E-state index is 12.9. The van der Waals surface area contributed by atoms with E-state index >= 15 is 0 Å². The van der Waals surface area contributed by atoms with E-state index in [9.17, 15) is 4.79 Å². The van der Waals surface area contributed by atoms with E-state index in [0.717, 1.165) is 60.6 Å². The summed E-state index contributed by atoms with van der Waals surface area (Å²) in [5.41, 5.74) is 3.05. The van der Waals surface area contributed by atoms with Gasteiger partial charge in [0, 0.05) is 43.8 Å². The summed E-state index contributed by atoms with van der Waals surface area (Å²) >= 11 is 0. The lowest BCUT2D eigenvalue weighted by Gasteiger charge is -2.31. The number of carbonyl (C=O) groups is 1. The number of amides is 1. The highest BCUT2D eigenvalue weighted by Gasteiger charge is 2.18. The Kier molecular flexibility index (Phi) is 7.98. The number of likely N-dealkylation sites (N-methyl/N-ethyl adjacent to an activating group) is 1. The minimum atomic E-state index is -0.146. The molecule has 1 amide bonds. The quantitative estimate of drug-likeness (QED) is 0.518. The first-order valence-corrected chi connectivity index (χ1v) is 11.8. The van der Waals surface area contributed by atoms with Crippen molar-refractivity contribution in [2.75, 3.05) is 40.5 Å². The lowest BCUT2D eigenvalue weighted by Crippen LogP contribution is -2.38. The van der Waals surface area contributed by atoms with E-state index in [0.29, 0.717) is 30.5 Å². The Balaban J connectivity index is 1.31. The van der Waals surface area contributed by atoms with Gasteiger partial charge in [0.25, 0.3) is 5.91 Å². The Morgan fingerprint density at radius 1 is 1.15 bits per heavy atom. The van der Waals surface area contributed by atoms with Gasteiger partial charge in [-0.1, -0.05) is 12.1 Å². The molecule has 7 heteroatoms. The van der Waals surface area contributed by atoms with Gasteiger partial charge in [0.15, 0.2) is 0 Å². The molecule has 0 spiro atoms. The lowest BCUT2D eigenvalue weighted by atomic mass is 10.1. The first kappa shape index (κ1) is 24.0. The van der Waals surface area contributed by atoms with Crippen LogP contribution in [0.25, 0.3) is 10.9 Å². The fourth-order valence-corrected chi connectivity index (χ4v) is 4.24. The predicted molar refractivity (Wildman–Crippen MR) is 133 cm³/mol. The van der Waals surface area contributed by atoms with Crippen molar-refractivity contribution in [3.63, 3.8) is 0 Å². The highest BCUT2D eigenvalue weighted by molar-refractivity contribution is 5.98. The summed E-state index contributed by atoms with van der Waals surface area (Å²) in [7, 11) is 3.77. The fraction of sp³-hybridized carbons (Fsp3) is 0.407. The van der Waals surface area contributed by atoms with Gasteiger partial charge in [-0.2, -0.15) is 0 Å². The number of methoxy groups -OCH3 is 1. The molecule has 0 radical (unpaired) electrons. The maximum Gasteiger partial charge on any atom is 0.253 e. The van der Waals surface area contributed by atoms with Crippen LogP contribution >= 0.6 is 0 Å². The third-order valence-corrected chi connectivity index (χ3v) is 6.34. The topological polar surface area (TPSA) is 72.9 Å².